The SMILES string of the molecule is c1ccc(-c2ccc3oc4c(c3c2)c2ccccc2c2c3ccccc3n(-c3cc(-c5ccccc5)c5ccccc5c3)c42)cc1. The maximum absolute atomic E-state index is 6.94. The van der Waals surface area contributed by atoms with Crippen LogP contribution in [0.25, 0.3) is 93.2 Å². The fraction of sp³-hybridized carbons (Fsp3) is 0. The largest absolute Gasteiger partial charge is 0.454 e. The second kappa shape index (κ2) is 9.69. The molecule has 0 unspecified atom stereocenters. The average Bonchev–Trinajstić information content (AvgIpc) is 3.68. The van der Waals surface area contributed by atoms with Gasteiger partial charge in [0.2, 0.25) is 0 Å². The molecule has 0 amide bonds. The van der Waals surface area contributed by atoms with Crippen molar-refractivity contribution in [2.24, 2.45) is 0 Å². The molecular weight excluding hydrogens is 558 g/mol. The molecule has 0 N–H and O–H groups in total. The Morgan fingerprint density at radius 2 is 1.04 bits per heavy atom. The summed E-state index contributed by atoms with van der Waals surface area (Å²) in [5.74, 6) is 0. The van der Waals surface area contributed by atoms with E-state index in [0.29, 0.717) is 0 Å². The highest BCUT2D eigenvalue weighted by Gasteiger charge is 2.23. The highest BCUT2D eigenvalue weighted by atomic mass is 16.3. The molecule has 0 radical (unpaired) electrons. The zero-order chi connectivity index (χ0) is 30.2. The maximum atomic E-state index is 6.94. The van der Waals surface area contributed by atoms with E-state index in [0.717, 1.165) is 38.7 Å². The van der Waals surface area contributed by atoms with E-state index in [1.165, 1.54) is 54.6 Å². The number of benzene rings is 8. The smallest absolute Gasteiger partial charge is 0.160 e. The van der Waals surface area contributed by atoms with Crippen molar-refractivity contribution in [3.63, 3.8) is 0 Å². The van der Waals surface area contributed by atoms with Crippen LogP contribution in [0.2, 0.25) is 0 Å². The van der Waals surface area contributed by atoms with Gasteiger partial charge < -0.3 is 8.98 Å². The molecule has 2 aromatic heterocycles. The molecule has 0 fully saturated rings. The predicted molar refractivity (Wildman–Crippen MR) is 194 cm³/mol. The van der Waals surface area contributed by atoms with Gasteiger partial charge in [-0.05, 0) is 74.1 Å². The topological polar surface area (TPSA) is 18.1 Å². The summed E-state index contributed by atoms with van der Waals surface area (Å²) in [5.41, 5.74) is 9.99. The lowest BCUT2D eigenvalue weighted by Gasteiger charge is -2.14. The first-order valence-corrected chi connectivity index (χ1v) is 15.8. The predicted octanol–water partition coefficient (Wildman–Crippen LogP) is 12.3. The molecule has 46 heavy (non-hydrogen) atoms. The molecule has 214 valence electrons. The van der Waals surface area contributed by atoms with Crippen LogP contribution in [0.1, 0.15) is 0 Å². The Balaban J connectivity index is 1.40. The van der Waals surface area contributed by atoms with E-state index in [-0.39, 0.29) is 0 Å². The van der Waals surface area contributed by atoms with Gasteiger partial charge in [0.05, 0.1) is 11.0 Å². The van der Waals surface area contributed by atoms with E-state index in [4.69, 9.17) is 4.42 Å². The van der Waals surface area contributed by atoms with Gasteiger partial charge >= 0.3 is 0 Å². The Hall–Kier alpha value is -6.12. The fourth-order valence-corrected chi connectivity index (χ4v) is 7.54. The van der Waals surface area contributed by atoms with Crippen LogP contribution in [-0.4, -0.2) is 4.57 Å². The second-order valence-electron chi connectivity index (χ2n) is 12.1. The van der Waals surface area contributed by atoms with Gasteiger partial charge in [-0.2, -0.15) is 0 Å². The summed E-state index contributed by atoms with van der Waals surface area (Å²) in [4.78, 5) is 0. The van der Waals surface area contributed by atoms with Crippen molar-refractivity contribution in [1.82, 2.24) is 4.57 Å². The van der Waals surface area contributed by atoms with Crippen LogP contribution in [0.5, 0.6) is 0 Å². The number of fused-ring (bicyclic) bond motifs is 11. The molecule has 10 rings (SSSR count). The minimum Gasteiger partial charge on any atom is -0.454 e. The first kappa shape index (κ1) is 25.2. The zero-order valence-corrected chi connectivity index (χ0v) is 24.9. The van der Waals surface area contributed by atoms with Gasteiger partial charge in [0.25, 0.3) is 0 Å². The van der Waals surface area contributed by atoms with Crippen molar-refractivity contribution in [3.8, 4) is 27.9 Å². The third-order valence-electron chi connectivity index (χ3n) is 9.54. The first-order chi connectivity index (χ1) is 22.8. The van der Waals surface area contributed by atoms with Gasteiger partial charge in [0.1, 0.15) is 5.58 Å². The minimum atomic E-state index is 0.896. The molecule has 0 bridgehead atoms. The highest BCUT2D eigenvalue weighted by Crippen LogP contribution is 2.47. The number of aromatic nitrogens is 1. The number of hydrogen-bond acceptors (Lipinski definition) is 1. The lowest BCUT2D eigenvalue weighted by molar-refractivity contribution is 0.671. The number of nitrogens with zero attached hydrogens (tertiary/aromatic N) is 1. The number of para-hydroxylation sites is 1. The Morgan fingerprint density at radius 3 is 1.83 bits per heavy atom. The van der Waals surface area contributed by atoms with Crippen molar-refractivity contribution in [3.05, 3.63) is 164 Å². The van der Waals surface area contributed by atoms with Crippen LogP contribution >= 0.6 is 0 Å². The average molecular weight is 586 g/mol. The maximum Gasteiger partial charge on any atom is 0.160 e. The zero-order valence-electron chi connectivity index (χ0n) is 24.9. The molecule has 0 spiro atoms. The summed E-state index contributed by atoms with van der Waals surface area (Å²) >= 11 is 0. The van der Waals surface area contributed by atoms with Crippen molar-refractivity contribution in [2.75, 3.05) is 0 Å². The third-order valence-corrected chi connectivity index (χ3v) is 9.54. The molecule has 0 aliphatic rings. The lowest BCUT2D eigenvalue weighted by Crippen LogP contribution is -1.96. The normalized spacial score (nSPS) is 11.9. The van der Waals surface area contributed by atoms with Crippen molar-refractivity contribution in [2.45, 2.75) is 0 Å². The molecule has 2 heteroatoms. The molecule has 0 atom stereocenters. The molecule has 8 aromatic carbocycles. The quantitative estimate of drug-likeness (QED) is 0.202. The van der Waals surface area contributed by atoms with E-state index in [1.54, 1.807) is 0 Å². The second-order valence-corrected chi connectivity index (χ2v) is 12.1. The van der Waals surface area contributed by atoms with Gasteiger partial charge in [-0.1, -0.05) is 133 Å². The number of hydrogen-bond donors (Lipinski definition) is 0. The summed E-state index contributed by atoms with van der Waals surface area (Å²) in [6, 6.07) is 58.9. The molecule has 2 nitrogen and oxygen atoms in total. The summed E-state index contributed by atoms with van der Waals surface area (Å²) in [6.07, 6.45) is 0. The number of rotatable bonds is 3. The van der Waals surface area contributed by atoms with Crippen molar-refractivity contribution in [1.29, 1.82) is 0 Å². The molecule has 10 aromatic rings. The van der Waals surface area contributed by atoms with Gasteiger partial charge in [0.15, 0.2) is 5.58 Å². The Labute approximate surface area is 265 Å². The molecule has 2 heterocycles. The van der Waals surface area contributed by atoms with Crippen LogP contribution in [0.4, 0.5) is 0 Å². The van der Waals surface area contributed by atoms with Crippen LogP contribution in [0.3, 0.4) is 0 Å². The first-order valence-electron chi connectivity index (χ1n) is 15.8. The van der Waals surface area contributed by atoms with E-state index in [9.17, 15) is 0 Å². The van der Waals surface area contributed by atoms with E-state index in [2.05, 4.69) is 168 Å². The van der Waals surface area contributed by atoms with E-state index >= 15 is 0 Å². The Morgan fingerprint density at radius 1 is 0.413 bits per heavy atom. The standard InChI is InChI=1S/C44H27NO/c1-3-13-28(14-4-1)30-23-24-40-38(26-30)42-35-20-10-9-19-34(35)41-36-21-11-12-22-39(36)45(43(41)44(42)46-40)32-25-31-17-7-8-18-33(31)37(27-32)29-15-5-2-6-16-29/h1-27H. The van der Waals surface area contributed by atoms with Gasteiger partial charge in [-0.3, -0.25) is 0 Å². The summed E-state index contributed by atoms with van der Waals surface area (Å²) in [5, 5.41) is 9.62. The fourth-order valence-electron chi connectivity index (χ4n) is 7.54. The minimum absolute atomic E-state index is 0.896. The van der Waals surface area contributed by atoms with Gasteiger partial charge in [-0.25, -0.2) is 0 Å². The van der Waals surface area contributed by atoms with Crippen LogP contribution in [0.15, 0.2) is 168 Å². The summed E-state index contributed by atoms with van der Waals surface area (Å²) in [7, 11) is 0. The summed E-state index contributed by atoms with van der Waals surface area (Å²) in [6.45, 7) is 0. The van der Waals surface area contributed by atoms with E-state index in [1.807, 2.05) is 0 Å². The van der Waals surface area contributed by atoms with E-state index < -0.39 is 0 Å². The third kappa shape index (κ3) is 3.59. The monoisotopic (exact) mass is 585 g/mol. The Bertz CT molecular complexity index is 2790. The molecule has 0 aliphatic heterocycles. The number of furan rings is 1. The molecule has 0 saturated carbocycles. The lowest BCUT2D eigenvalue weighted by atomic mass is 9.96. The van der Waals surface area contributed by atoms with Crippen molar-refractivity contribution >= 4 is 65.3 Å². The molecular formula is C44H27NO. The van der Waals surface area contributed by atoms with Crippen molar-refractivity contribution < 1.29 is 4.42 Å². The van der Waals surface area contributed by atoms with Crippen LogP contribution in [0, 0.1) is 0 Å². The van der Waals surface area contributed by atoms with Gasteiger partial charge in [0, 0.05) is 27.2 Å². The van der Waals surface area contributed by atoms with Crippen LogP contribution < -0.4 is 0 Å². The molecule has 0 saturated heterocycles. The van der Waals surface area contributed by atoms with Crippen LogP contribution in [-0.2, 0) is 0 Å². The summed E-state index contributed by atoms with van der Waals surface area (Å²) < 4.78 is 9.37. The highest BCUT2D eigenvalue weighted by molar-refractivity contribution is 6.35. The molecule has 0 aliphatic carbocycles. The van der Waals surface area contributed by atoms with Gasteiger partial charge in [-0.15, -0.1) is 0 Å². The Kier molecular flexibility index (Phi) is 5.31.